The molecule has 0 spiro atoms. The van der Waals surface area contributed by atoms with Gasteiger partial charge in [-0.2, -0.15) is 4.31 Å². The van der Waals surface area contributed by atoms with Gasteiger partial charge in [-0.05, 0) is 38.3 Å². The summed E-state index contributed by atoms with van der Waals surface area (Å²) in [6, 6.07) is 4.16. The van der Waals surface area contributed by atoms with E-state index in [0.717, 1.165) is 22.5 Å². The second-order valence-corrected chi connectivity index (χ2v) is 9.31. The van der Waals surface area contributed by atoms with Gasteiger partial charge >= 0.3 is 12.3 Å². The number of hydrogen-bond donors (Lipinski definition) is 1. The maximum Gasteiger partial charge on any atom is 0.573 e. The van der Waals surface area contributed by atoms with Gasteiger partial charge in [-0.25, -0.2) is 13.2 Å². The Hall–Kier alpha value is -2.34. The molecule has 1 amide bonds. The third-order valence-corrected chi connectivity index (χ3v) is 7.14. The van der Waals surface area contributed by atoms with E-state index in [1.807, 2.05) is 0 Å². The molecule has 1 atom stereocenters. The van der Waals surface area contributed by atoms with Gasteiger partial charge in [0.25, 0.3) is 0 Å². The number of carbonyl (C=O) groups is 2. The van der Waals surface area contributed by atoms with Crippen LogP contribution in [0.15, 0.2) is 29.2 Å². The van der Waals surface area contributed by atoms with Crippen molar-refractivity contribution in [3.8, 4) is 5.75 Å². The highest BCUT2D eigenvalue weighted by Gasteiger charge is 2.38. The Morgan fingerprint density at radius 2 is 1.84 bits per heavy atom. The van der Waals surface area contributed by atoms with Crippen molar-refractivity contribution in [3.05, 3.63) is 24.3 Å². The first-order valence-corrected chi connectivity index (χ1v) is 11.0. The molecule has 8 nitrogen and oxygen atoms in total. The number of alkyl halides is 3. The molecule has 12 heteroatoms. The largest absolute Gasteiger partial charge is 0.573 e. The van der Waals surface area contributed by atoms with Gasteiger partial charge in [0.15, 0.2) is 0 Å². The highest BCUT2D eigenvalue weighted by Crippen LogP contribution is 2.29. The van der Waals surface area contributed by atoms with E-state index >= 15 is 0 Å². The minimum absolute atomic E-state index is 0.00579. The molecule has 174 valence electrons. The zero-order valence-corrected chi connectivity index (χ0v) is 18.2. The van der Waals surface area contributed by atoms with Gasteiger partial charge in [0, 0.05) is 25.1 Å². The lowest BCUT2D eigenvalue weighted by Gasteiger charge is -2.33. The van der Waals surface area contributed by atoms with Gasteiger partial charge < -0.3 is 14.8 Å². The Kier molecular flexibility index (Phi) is 7.58. The summed E-state index contributed by atoms with van der Waals surface area (Å²) in [6.45, 7) is 3.28. The number of piperidine rings is 1. The molecule has 1 saturated heterocycles. The normalized spacial score (nSPS) is 18.1. The summed E-state index contributed by atoms with van der Waals surface area (Å²) < 4.78 is 72.5. The molecule has 0 aliphatic carbocycles. The van der Waals surface area contributed by atoms with Gasteiger partial charge in [-0.15, -0.1) is 13.2 Å². The van der Waals surface area contributed by atoms with Crippen molar-refractivity contribution < 1.29 is 40.7 Å². The minimum atomic E-state index is -4.94. The van der Waals surface area contributed by atoms with Gasteiger partial charge in [0.1, 0.15) is 11.3 Å². The molecule has 1 fully saturated rings. The van der Waals surface area contributed by atoms with E-state index in [1.54, 1.807) is 13.8 Å². The molecule has 1 aromatic carbocycles. The zero-order valence-electron chi connectivity index (χ0n) is 17.4. The lowest BCUT2D eigenvalue weighted by atomic mass is 9.93. The number of nitrogens with zero attached hydrogens (tertiary/aromatic N) is 1. The second kappa shape index (κ2) is 9.43. The number of esters is 1. The quantitative estimate of drug-likeness (QED) is 0.620. The number of hydrogen-bond acceptors (Lipinski definition) is 6. The van der Waals surface area contributed by atoms with Crippen LogP contribution in [0.3, 0.4) is 0 Å². The molecule has 1 heterocycles. The van der Waals surface area contributed by atoms with Gasteiger partial charge in [-0.3, -0.25) is 4.79 Å². The van der Waals surface area contributed by atoms with Crippen molar-refractivity contribution in [2.75, 3.05) is 20.2 Å². The first-order chi connectivity index (χ1) is 14.3. The van der Waals surface area contributed by atoms with E-state index in [9.17, 15) is 31.2 Å². The average Bonchev–Trinajstić information content (AvgIpc) is 2.72. The zero-order chi connectivity index (χ0) is 23.4. The molecular formula is C19H25F3N2O6S. The lowest BCUT2D eigenvalue weighted by Crippen LogP contribution is -2.55. The van der Waals surface area contributed by atoms with Crippen LogP contribution in [0.25, 0.3) is 0 Å². The van der Waals surface area contributed by atoms with Crippen LogP contribution in [-0.2, 0) is 24.3 Å². The van der Waals surface area contributed by atoms with Crippen LogP contribution in [0.4, 0.5) is 13.2 Å². The number of benzene rings is 1. The van der Waals surface area contributed by atoms with Crippen molar-refractivity contribution >= 4 is 21.9 Å². The highest BCUT2D eigenvalue weighted by molar-refractivity contribution is 7.89. The fraction of sp³-hybridized carbons (Fsp3) is 0.579. The third-order valence-electron chi connectivity index (χ3n) is 5.24. The Morgan fingerprint density at radius 3 is 2.35 bits per heavy atom. The maximum atomic E-state index is 12.8. The number of nitrogens with one attached hydrogen (secondary N) is 1. The number of amides is 1. The molecule has 0 bridgehead atoms. The molecule has 1 aliphatic rings. The molecule has 1 aromatic rings. The molecule has 1 aliphatic heterocycles. The number of sulfonamides is 1. The minimum Gasteiger partial charge on any atom is -0.467 e. The van der Waals surface area contributed by atoms with Gasteiger partial charge in [0.2, 0.25) is 15.9 Å². The predicted octanol–water partition coefficient (Wildman–Crippen LogP) is 2.44. The van der Waals surface area contributed by atoms with Crippen molar-refractivity contribution in [1.29, 1.82) is 0 Å². The predicted molar refractivity (Wildman–Crippen MR) is 103 cm³/mol. The number of ether oxygens (including phenoxy) is 2. The Balaban J connectivity index is 2.06. The van der Waals surface area contributed by atoms with Gasteiger partial charge in [-0.1, -0.05) is 13.0 Å². The second-order valence-electron chi connectivity index (χ2n) is 7.37. The number of carbonyl (C=O) groups excluding carboxylic acids is 2. The SMILES string of the molecule is CCC(C)(NC(=O)C1CCN(S(=O)(=O)c2cccc(OC(F)(F)F)c2)CC1)C(=O)OC. The molecule has 1 N–H and O–H groups in total. The van der Waals surface area contributed by atoms with Crippen LogP contribution >= 0.6 is 0 Å². The van der Waals surface area contributed by atoms with Crippen molar-refractivity contribution in [2.45, 2.75) is 49.9 Å². The fourth-order valence-corrected chi connectivity index (χ4v) is 4.73. The van der Waals surface area contributed by atoms with E-state index < -0.39 is 39.6 Å². The smallest absolute Gasteiger partial charge is 0.467 e. The van der Waals surface area contributed by atoms with Crippen LogP contribution in [0.2, 0.25) is 0 Å². The van der Waals surface area contributed by atoms with E-state index in [4.69, 9.17) is 4.74 Å². The van der Waals surface area contributed by atoms with E-state index in [2.05, 4.69) is 10.1 Å². The standard InChI is InChI=1S/C19H25F3N2O6S/c1-4-18(2,17(26)29-3)23-16(25)13-8-10-24(11-9-13)31(27,28)15-7-5-6-14(12-15)30-19(20,21)22/h5-7,12-13H,4,8-11H2,1-3H3,(H,23,25). The first-order valence-electron chi connectivity index (χ1n) is 9.59. The molecule has 0 aromatic heterocycles. The summed E-state index contributed by atoms with van der Waals surface area (Å²) in [6.07, 6.45) is -4.23. The summed E-state index contributed by atoms with van der Waals surface area (Å²) in [5, 5.41) is 2.67. The summed E-state index contributed by atoms with van der Waals surface area (Å²) in [7, 11) is -2.84. The maximum absolute atomic E-state index is 12.8. The Labute approximate surface area is 178 Å². The van der Waals surface area contributed by atoms with Crippen LogP contribution in [0, 0.1) is 5.92 Å². The van der Waals surface area contributed by atoms with Crippen molar-refractivity contribution in [3.63, 3.8) is 0 Å². The van der Waals surface area contributed by atoms with E-state index in [0.29, 0.717) is 6.42 Å². The average molecular weight is 466 g/mol. The molecule has 0 saturated carbocycles. The number of rotatable bonds is 7. The van der Waals surface area contributed by atoms with Crippen molar-refractivity contribution in [1.82, 2.24) is 9.62 Å². The van der Waals surface area contributed by atoms with Crippen LogP contribution in [-0.4, -0.2) is 56.7 Å². The summed E-state index contributed by atoms with van der Waals surface area (Å²) in [4.78, 5) is 24.2. The highest BCUT2D eigenvalue weighted by atomic mass is 32.2. The van der Waals surface area contributed by atoms with Crippen molar-refractivity contribution in [2.24, 2.45) is 5.92 Å². The Morgan fingerprint density at radius 1 is 1.23 bits per heavy atom. The fourth-order valence-electron chi connectivity index (χ4n) is 3.22. The molecule has 31 heavy (non-hydrogen) atoms. The molecule has 2 rings (SSSR count). The first kappa shape index (κ1) is 24.9. The van der Waals surface area contributed by atoms with Crippen LogP contribution in [0.5, 0.6) is 5.75 Å². The van der Waals surface area contributed by atoms with E-state index in [1.165, 1.54) is 13.2 Å². The lowest BCUT2D eigenvalue weighted by molar-refractivity contribution is -0.274. The van der Waals surface area contributed by atoms with Gasteiger partial charge in [0.05, 0.1) is 12.0 Å². The third kappa shape index (κ3) is 6.10. The summed E-state index contributed by atoms with van der Waals surface area (Å²) in [5.41, 5.74) is -1.19. The Bertz CT molecular complexity index is 913. The molecular weight excluding hydrogens is 441 g/mol. The monoisotopic (exact) mass is 466 g/mol. The number of halogens is 3. The van der Waals surface area contributed by atoms with Crippen LogP contribution in [0.1, 0.15) is 33.1 Å². The molecule has 1 unspecified atom stereocenters. The number of methoxy groups -OCH3 is 1. The topological polar surface area (TPSA) is 102 Å². The summed E-state index contributed by atoms with van der Waals surface area (Å²) >= 11 is 0. The summed E-state index contributed by atoms with van der Waals surface area (Å²) in [5.74, 6) is -2.11. The van der Waals surface area contributed by atoms with Crippen LogP contribution < -0.4 is 10.1 Å². The molecule has 0 radical (unpaired) electrons. The van der Waals surface area contributed by atoms with E-state index in [-0.39, 0.29) is 36.7 Å².